The number of fused-ring (bicyclic) bond motifs is 4. The summed E-state index contributed by atoms with van der Waals surface area (Å²) in [6.07, 6.45) is 2.32. The highest BCUT2D eigenvalue weighted by atomic mass is 17.3. The zero-order chi connectivity index (χ0) is 24.7. The summed E-state index contributed by atoms with van der Waals surface area (Å²) in [5.41, 5.74) is 1.34. The second-order valence-corrected chi connectivity index (χ2v) is 11.2. The van der Waals surface area contributed by atoms with Gasteiger partial charge < -0.3 is 14.2 Å². The van der Waals surface area contributed by atoms with E-state index in [-0.39, 0.29) is 17.8 Å². The van der Waals surface area contributed by atoms with E-state index in [0.717, 1.165) is 47.5 Å². The molecule has 4 aliphatic heterocycles. The van der Waals surface area contributed by atoms with E-state index in [1.165, 1.54) is 0 Å². The maximum Gasteiger partial charge on any atom is 0.341 e. The van der Waals surface area contributed by atoms with Crippen molar-refractivity contribution in [2.45, 2.75) is 70.4 Å². The van der Waals surface area contributed by atoms with Crippen LogP contribution in [0.25, 0.3) is 21.8 Å². The van der Waals surface area contributed by atoms with E-state index in [0.29, 0.717) is 11.5 Å². The molecule has 0 radical (unpaired) electrons. The summed E-state index contributed by atoms with van der Waals surface area (Å²) in [5, 5.41) is 1.53. The molecule has 0 unspecified atom stereocenters. The van der Waals surface area contributed by atoms with Crippen molar-refractivity contribution >= 4 is 27.8 Å². The fraction of sp³-hybridized carbons (Fsp3) is 0.517. The number of ether oxygens (including phenoxy) is 3. The van der Waals surface area contributed by atoms with E-state index in [1.807, 2.05) is 55.5 Å². The Morgan fingerprint density at radius 1 is 0.944 bits per heavy atom. The number of hydrogen-bond acceptors (Lipinski definition) is 7. The van der Waals surface area contributed by atoms with Crippen LogP contribution >= 0.6 is 0 Å². The molecule has 5 heterocycles. The number of esters is 1. The number of carbonyl (C=O) groups is 1. The number of rotatable bonds is 2. The van der Waals surface area contributed by atoms with E-state index >= 15 is 0 Å². The molecule has 1 spiro atoms. The number of hydrogen-bond donors (Lipinski definition) is 0. The SMILES string of the molecule is C[C@H]1[C@@H](OC(=O)c2c3ccccc3nc3ccccc23)O[C@@H]2O[C@@]3(C)CC[C@H]4[C@H](C)CC[C@@H]1[C@@]24OO3. The molecular formula is C29H31NO6. The van der Waals surface area contributed by atoms with Gasteiger partial charge in [0.1, 0.15) is 0 Å². The van der Waals surface area contributed by atoms with Crippen LogP contribution in [0.3, 0.4) is 0 Å². The van der Waals surface area contributed by atoms with Crippen molar-refractivity contribution in [3.63, 3.8) is 0 Å². The quantitative estimate of drug-likeness (QED) is 0.258. The van der Waals surface area contributed by atoms with Crippen LogP contribution in [0.1, 0.15) is 56.8 Å². The molecule has 36 heavy (non-hydrogen) atoms. The Kier molecular flexibility index (Phi) is 5.00. The molecule has 0 amide bonds. The molecule has 4 saturated heterocycles. The van der Waals surface area contributed by atoms with E-state index < -0.39 is 29.9 Å². The van der Waals surface area contributed by atoms with Crippen molar-refractivity contribution in [3.05, 3.63) is 54.1 Å². The molecule has 2 bridgehead atoms. The van der Waals surface area contributed by atoms with Crippen LogP contribution in [-0.4, -0.2) is 34.9 Å². The first-order valence-electron chi connectivity index (χ1n) is 13.1. The van der Waals surface area contributed by atoms with Crippen LogP contribution in [0.2, 0.25) is 0 Å². The normalized spacial score (nSPS) is 39.5. The predicted octanol–water partition coefficient (Wildman–Crippen LogP) is 5.75. The van der Waals surface area contributed by atoms with E-state index in [2.05, 4.69) is 13.8 Å². The minimum atomic E-state index is -0.871. The molecule has 8 atom stereocenters. The molecule has 5 aliphatic rings. The van der Waals surface area contributed by atoms with Gasteiger partial charge in [0.05, 0.1) is 16.6 Å². The van der Waals surface area contributed by atoms with Gasteiger partial charge in [-0.1, -0.05) is 50.2 Å². The molecule has 0 N–H and O–H groups in total. The Balaban J connectivity index is 1.27. The van der Waals surface area contributed by atoms with Crippen LogP contribution < -0.4 is 0 Å². The summed E-state index contributed by atoms with van der Waals surface area (Å²) in [5.74, 6) is -0.554. The fourth-order valence-corrected chi connectivity index (χ4v) is 7.23. The van der Waals surface area contributed by atoms with E-state index in [9.17, 15) is 4.79 Å². The van der Waals surface area contributed by atoms with Crippen LogP contribution in [-0.2, 0) is 24.0 Å². The molecule has 2 aromatic carbocycles. The van der Waals surface area contributed by atoms with Gasteiger partial charge in [0.15, 0.2) is 11.9 Å². The summed E-state index contributed by atoms with van der Waals surface area (Å²) >= 11 is 0. The van der Waals surface area contributed by atoms with Crippen molar-refractivity contribution in [2.24, 2.45) is 23.7 Å². The molecule has 1 aromatic heterocycles. The lowest BCUT2D eigenvalue weighted by Crippen LogP contribution is -2.70. The Morgan fingerprint density at radius 3 is 2.36 bits per heavy atom. The van der Waals surface area contributed by atoms with Gasteiger partial charge in [0, 0.05) is 29.0 Å². The standard InChI is InChI=1S/C29H31NO6/c1-16-12-13-21-17(2)26(33-27-29(21)20(16)14-15-28(3,34-27)35-36-29)32-25(31)24-18-8-4-6-10-22(18)30-23-11-7-5-9-19(23)24/h4-11,16-17,20-21,26-27H,12-15H2,1-3H3/t16-,17-,20+,21+,26+,27-,28-,29-/m1/s1. The Morgan fingerprint density at radius 2 is 1.64 bits per heavy atom. The summed E-state index contributed by atoms with van der Waals surface area (Å²) in [6, 6.07) is 15.3. The van der Waals surface area contributed by atoms with Crippen molar-refractivity contribution < 1.29 is 28.8 Å². The van der Waals surface area contributed by atoms with Gasteiger partial charge >= 0.3 is 5.97 Å². The Hall–Kier alpha value is -2.58. The summed E-state index contributed by atoms with van der Waals surface area (Å²) < 4.78 is 19.1. The number of pyridine rings is 1. The zero-order valence-corrected chi connectivity index (χ0v) is 20.8. The van der Waals surface area contributed by atoms with Crippen molar-refractivity contribution in [2.75, 3.05) is 0 Å². The second-order valence-electron chi connectivity index (χ2n) is 11.2. The Bertz CT molecular complexity index is 1310. The molecule has 3 aromatic rings. The van der Waals surface area contributed by atoms with Gasteiger partial charge in [-0.05, 0) is 50.2 Å². The highest BCUT2D eigenvalue weighted by Gasteiger charge is 2.69. The lowest BCUT2D eigenvalue weighted by Gasteiger charge is -2.59. The van der Waals surface area contributed by atoms with Crippen LogP contribution in [0.5, 0.6) is 0 Å². The molecule has 8 rings (SSSR count). The number of nitrogens with zero attached hydrogens (tertiary/aromatic N) is 1. The fourth-order valence-electron chi connectivity index (χ4n) is 7.23. The van der Waals surface area contributed by atoms with Gasteiger partial charge in [-0.3, -0.25) is 0 Å². The molecule has 7 heteroatoms. The molecule has 5 fully saturated rings. The Labute approximate surface area is 209 Å². The molecule has 1 saturated carbocycles. The van der Waals surface area contributed by atoms with Gasteiger partial charge in [0.25, 0.3) is 0 Å². The number of para-hydroxylation sites is 2. The number of carbonyl (C=O) groups excluding carboxylic acids is 1. The maximum atomic E-state index is 13.8. The minimum Gasteiger partial charge on any atom is -0.432 e. The van der Waals surface area contributed by atoms with Crippen molar-refractivity contribution in [1.82, 2.24) is 4.98 Å². The summed E-state index contributed by atoms with van der Waals surface area (Å²) in [7, 11) is 0. The van der Waals surface area contributed by atoms with E-state index in [1.54, 1.807) is 0 Å². The molecule has 1 aliphatic carbocycles. The monoisotopic (exact) mass is 489 g/mol. The molecular weight excluding hydrogens is 458 g/mol. The third-order valence-corrected chi connectivity index (χ3v) is 9.11. The summed E-state index contributed by atoms with van der Waals surface area (Å²) in [4.78, 5) is 30.7. The first kappa shape index (κ1) is 22.6. The average molecular weight is 490 g/mol. The minimum absolute atomic E-state index is 0.0869. The third kappa shape index (κ3) is 3.13. The first-order chi connectivity index (χ1) is 17.4. The van der Waals surface area contributed by atoms with Gasteiger partial charge in [0.2, 0.25) is 12.1 Å². The topological polar surface area (TPSA) is 76.1 Å². The lowest BCUT2D eigenvalue weighted by atomic mass is 9.58. The first-order valence-corrected chi connectivity index (χ1v) is 13.1. The smallest absolute Gasteiger partial charge is 0.341 e. The maximum absolute atomic E-state index is 13.8. The molecule has 188 valence electrons. The van der Waals surface area contributed by atoms with Crippen LogP contribution in [0.4, 0.5) is 0 Å². The van der Waals surface area contributed by atoms with Gasteiger partial charge in [-0.2, -0.15) is 0 Å². The lowest BCUT2D eigenvalue weighted by molar-refractivity contribution is -0.576. The number of aromatic nitrogens is 1. The van der Waals surface area contributed by atoms with Crippen molar-refractivity contribution in [1.29, 1.82) is 0 Å². The third-order valence-electron chi connectivity index (χ3n) is 9.11. The number of benzene rings is 2. The van der Waals surface area contributed by atoms with Crippen LogP contribution in [0.15, 0.2) is 48.5 Å². The van der Waals surface area contributed by atoms with Gasteiger partial charge in [-0.15, -0.1) is 0 Å². The highest BCUT2D eigenvalue weighted by molar-refractivity contribution is 6.14. The zero-order valence-electron chi connectivity index (χ0n) is 20.8. The van der Waals surface area contributed by atoms with E-state index in [4.69, 9.17) is 29.0 Å². The predicted molar refractivity (Wildman–Crippen MR) is 131 cm³/mol. The largest absolute Gasteiger partial charge is 0.432 e. The van der Waals surface area contributed by atoms with Gasteiger partial charge in [-0.25, -0.2) is 19.6 Å². The van der Waals surface area contributed by atoms with Crippen LogP contribution in [0, 0.1) is 23.7 Å². The second kappa shape index (κ2) is 7.96. The molecule has 7 nitrogen and oxygen atoms in total. The highest BCUT2D eigenvalue weighted by Crippen LogP contribution is 2.60. The average Bonchev–Trinajstić information content (AvgIpc) is 3.11. The van der Waals surface area contributed by atoms with Crippen molar-refractivity contribution in [3.8, 4) is 0 Å². The summed E-state index contributed by atoms with van der Waals surface area (Å²) in [6.45, 7) is 6.27.